The first-order chi connectivity index (χ1) is 9.49. The zero-order chi connectivity index (χ0) is 14.7. The molecule has 1 aliphatic rings. The minimum Gasteiger partial charge on any atom is -0.481 e. The molecule has 1 aromatic heterocycles. The smallest absolute Gasteiger partial charge is 0.307 e. The maximum atomic E-state index is 12.2. The minimum atomic E-state index is -0.872. The molecule has 1 aromatic rings. The highest BCUT2D eigenvalue weighted by Gasteiger charge is 2.41. The Bertz CT molecular complexity index is 516. The SMILES string of the molecule is Cc1cccnc1CNC(=O)C1CC(C)CC1C(=O)O. The number of aryl methyl sites for hydroxylation is 1. The van der Waals surface area contributed by atoms with E-state index in [0.717, 1.165) is 11.3 Å². The van der Waals surface area contributed by atoms with Crippen molar-refractivity contribution in [3.63, 3.8) is 0 Å². The second kappa shape index (κ2) is 6.03. The van der Waals surface area contributed by atoms with Crippen molar-refractivity contribution in [2.45, 2.75) is 33.2 Å². The second-order valence-electron chi connectivity index (χ2n) is 5.61. The Morgan fingerprint density at radius 2 is 2.10 bits per heavy atom. The standard InChI is InChI=1S/C15H20N2O3/c1-9-6-11(12(7-9)15(19)20)14(18)17-8-13-10(2)4-3-5-16-13/h3-5,9,11-12H,6-8H2,1-2H3,(H,17,18)(H,19,20). The van der Waals surface area contributed by atoms with Crippen LogP contribution in [0.1, 0.15) is 31.0 Å². The van der Waals surface area contributed by atoms with Crippen molar-refractivity contribution in [3.8, 4) is 0 Å². The molecule has 0 radical (unpaired) electrons. The fourth-order valence-corrected chi connectivity index (χ4v) is 2.86. The molecule has 1 saturated carbocycles. The van der Waals surface area contributed by atoms with Gasteiger partial charge in [-0.1, -0.05) is 13.0 Å². The van der Waals surface area contributed by atoms with Crippen LogP contribution in [0.15, 0.2) is 18.3 Å². The Morgan fingerprint density at radius 1 is 1.40 bits per heavy atom. The van der Waals surface area contributed by atoms with Gasteiger partial charge in [-0.15, -0.1) is 0 Å². The summed E-state index contributed by atoms with van der Waals surface area (Å²) in [5.74, 6) is -1.75. The number of aromatic nitrogens is 1. The molecule has 0 aliphatic heterocycles. The van der Waals surface area contributed by atoms with Crippen molar-refractivity contribution in [2.24, 2.45) is 17.8 Å². The summed E-state index contributed by atoms with van der Waals surface area (Å²) in [5.41, 5.74) is 1.83. The summed E-state index contributed by atoms with van der Waals surface area (Å²) in [4.78, 5) is 27.6. The number of pyridine rings is 1. The maximum absolute atomic E-state index is 12.2. The van der Waals surface area contributed by atoms with Gasteiger partial charge in [0.2, 0.25) is 5.91 Å². The zero-order valence-corrected chi connectivity index (χ0v) is 11.8. The monoisotopic (exact) mass is 276 g/mol. The van der Waals surface area contributed by atoms with E-state index in [0.29, 0.717) is 19.4 Å². The van der Waals surface area contributed by atoms with Crippen LogP contribution in [0.25, 0.3) is 0 Å². The van der Waals surface area contributed by atoms with Gasteiger partial charge < -0.3 is 10.4 Å². The van der Waals surface area contributed by atoms with Crippen LogP contribution in [0, 0.1) is 24.7 Å². The van der Waals surface area contributed by atoms with E-state index >= 15 is 0 Å². The Morgan fingerprint density at radius 3 is 2.75 bits per heavy atom. The molecule has 5 heteroatoms. The molecule has 0 bridgehead atoms. The number of carboxylic acid groups (broad SMARTS) is 1. The Labute approximate surface area is 118 Å². The van der Waals surface area contributed by atoms with Crippen molar-refractivity contribution in [2.75, 3.05) is 0 Å². The molecule has 2 rings (SSSR count). The van der Waals surface area contributed by atoms with Crippen LogP contribution in [0.2, 0.25) is 0 Å². The number of nitrogens with one attached hydrogen (secondary N) is 1. The molecule has 0 saturated heterocycles. The van der Waals surface area contributed by atoms with Crippen molar-refractivity contribution in [1.82, 2.24) is 10.3 Å². The normalized spacial score (nSPS) is 25.4. The molecule has 1 fully saturated rings. The predicted octanol–water partition coefficient (Wildman–Crippen LogP) is 1.75. The lowest BCUT2D eigenvalue weighted by molar-refractivity contribution is -0.146. The zero-order valence-electron chi connectivity index (χ0n) is 11.8. The number of carbonyl (C=O) groups excluding carboxylic acids is 1. The molecule has 1 heterocycles. The summed E-state index contributed by atoms with van der Waals surface area (Å²) in [5, 5.41) is 12.0. The van der Waals surface area contributed by atoms with Crippen LogP contribution in [0.3, 0.4) is 0 Å². The van der Waals surface area contributed by atoms with Crippen LogP contribution < -0.4 is 5.32 Å². The quantitative estimate of drug-likeness (QED) is 0.878. The van der Waals surface area contributed by atoms with E-state index in [1.807, 2.05) is 26.0 Å². The Balaban J connectivity index is 1.98. The fraction of sp³-hybridized carbons (Fsp3) is 0.533. The highest BCUT2D eigenvalue weighted by atomic mass is 16.4. The third kappa shape index (κ3) is 3.15. The van der Waals surface area contributed by atoms with Crippen LogP contribution in [0.4, 0.5) is 0 Å². The molecule has 2 N–H and O–H groups in total. The highest BCUT2D eigenvalue weighted by Crippen LogP contribution is 2.36. The summed E-state index contributed by atoms with van der Waals surface area (Å²) in [6.45, 7) is 4.28. The van der Waals surface area contributed by atoms with Crippen molar-refractivity contribution in [1.29, 1.82) is 0 Å². The molecular formula is C15H20N2O3. The van der Waals surface area contributed by atoms with E-state index in [-0.39, 0.29) is 11.8 Å². The Hall–Kier alpha value is -1.91. The van der Waals surface area contributed by atoms with Gasteiger partial charge in [-0.25, -0.2) is 0 Å². The van der Waals surface area contributed by atoms with Gasteiger partial charge in [0.25, 0.3) is 0 Å². The molecule has 0 spiro atoms. The van der Waals surface area contributed by atoms with E-state index in [2.05, 4.69) is 10.3 Å². The molecule has 5 nitrogen and oxygen atoms in total. The van der Waals surface area contributed by atoms with Crippen LogP contribution in [-0.4, -0.2) is 22.0 Å². The molecule has 0 aromatic carbocycles. The lowest BCUT2D eigenvalue weighted by atomic mass is 9.95. The topological polar surface area (TPSA) is 79.3 Å². The van der Waals surface area contributed by atoms with Crippen LogP contribution >= 0.6 is 0 Å². The summed E-state index contributed by atoms with van der Waals surface area (Å²) in [6.07, 6.45) is 2.91. The highest BCUT2D eigenvalue weighted by molar-refractivity contribution is 5.85. The summed E-state index contributed by atoms with van der Waals surface area (Å²) in [7, 11) is 0. The van der Waals surface area contributed by atoms with E-state index in [4.69, 9.17) is 0 Å². The van der Waals surface area contributed by atoms with Crippen molar-refractivity contribution in [3.05, 3.63) is 29.6 Å². The van der Waals surface area contributed by atoms with Gasteiger partial charge in [0.1, 0.15) is 0 Å². The van der Waals surface area contributed by atoms with Crippen LogP contribution in [0.5, 0.6) is 0 Å². The van der Waals surface area contributed by atoms with E-state index in [1.54, 1.807) is 6.20 Å². The molecule has 108 valence electrons. The average molecular weight is 276 g/mol. The van der Waals surface area contributed by atoms with E-state index in [1.165, 1.54) is 0 Å². The fourth-order valence-electron chi connectivity index (χ4n) is 2.86. The maximum Gasteiger partial charge on any atom is 0.307 e. The number of carbonyl (C=O) groups is 2. The lowest BCUT2D eigenvalue weighted by Crippen LogP contribution is -2.35. The number of amides is 1. The van der Waals surface area contributed by atoms with Gasteiger partial charge in [-0.2, -0.15) is 0 Å². The largest absolute Gasteiger partial charge is 0.481 e. The predicted molar refractivity (Wildman–Crippen MR) is 73.8 cm³/mol. The number of rotatable bonds is 4. The summed E-state index contributed by atoms with van der Waals surface area (Å²) < 4.78 is 0. The molecule has 3 unspecified atom stereocenters. The van der Waals surface area contributed by atoms with E-state index < -0.39 is 17.8 Å². The number of carboxylic acids is 1. The first-order valence-corrected chi connectivity index (χ1v) is 6.90. The molecule has 1 amide bonds. The van der Waals surface area contributed by atoms with Gasteiger partial charge in [0, 0.05) is 6.20 Å². The lowest BCUT2D eigenvalue weighted by Gasteiger charge is -2.15. The van der Waals surface area contributed by atoms with Crippen molar-refractivity contribution >= 4 is 11.9 Å². The Kier molecular flexibility index (Phi) is 4.37. The second-order valence-corrected chi connectivity index (χ2v) is 5.61. The molecule has 20 heavy (non-hydrogen) atoms. The summed E-state index contributed by atoms with van der Waals surface area (Å²) >= 11 is 0. The number of hydrogen-bond donors (Lipinski definition) is 2. The van der Waals surface area contributed by atoms with Crippen molar-refractivity contribution < 1.29 is 14.7 Å². The van der Waals surface area contributed by atoms with E-state index in [9.17, 15) is 14.7 Å². The number of hydrogen-bond acceptors (Lipinski definition) is 3. The summed E-state index contributed by atoms with van der Waals surface area (Å²) in [6, 6.07) is 3.78. The van der Waals surface area contributed by atoms with Gasteiger partial charge in [-0.3, -0.25) is 14.6 Å². The van der Waals surface area contributed by atoms with Gasteiger partial charge in [-0.05, 0) is 37.3 Å². The molecular weight excluding hydrogens is 256 g/mol. The van der Waals surface area contributed by atoms with Gasteiger partial charge >= 0.3 is 5.97 Å². The number of aliphatic carboxylic acids is 1. The third-order valence-electron chi connectivity index (χ3n) is 4.00. The average Bonchev–Trinajstić information content (AvgIpc) is 2.80. The minimum absolute atomic E-state index is 0.174. The molecule has 3 atom stereocenters. The molecule has 1 aliphatic carbocycles. The van der Waals surface area contributed by atoms with Crippen LogP contribution in [-0.2, 0) is 16.1 Å². The first-order valence-electron chi connectivity index (χ1n) is 6.90. The van der Waals surface area contributed by atoms with Gasteiger partial charge in [0.05, 0.1) is 24.1 Å². The van der Waals surface area contributed by atoms with Gasteiger partial charge in [0.15, 0.2) is 0 Å². The third-order valence-corrected chi connectivity index (χ3v) is 4.00. The first kappa shape index (κ1) is 14.5. The number of nitrogens with zero attached hydrogens (tertiary/aromatic N) is 1.